The second-order valence-electron chi connectivity index (χ2n) is 10.7. The van der Waals surface area contributed by atoms with E-state index in [0.717, 1.165) is 45.1 Å². The van der Waals surface area contributed by atoms with Crippen molar-refractivity contribution in [2.24, 2.45) is 0 Å². The van der Waals surface area contributed by atoms with E-state index < -0.39 is 0 Å². The van der Waals surface area contributed by atoms with Crippen LogP contribution in [0.4, 0.5) is 0 Å². The quantitative estimate of drug-likeness (QED) is 0.169. The normalized spacial score (nSPS) is 10.6. The Bertz CT molecular complexity index is 2120. The van der Waals surface area contributed by atoms with E-state index in [4.69, 9.17) is 9.68 Å². The molecule has 0 aliphatic carbocycles. The average Bonchev–Trinajstić information content (AvgIpc) is 3.77. The van der Waals surface area contributed by atoms with Crippen LogP contribution in [0.15, 0.2) is 96.1 Å². The Labute approximate surface area is 276 Å². The number of oxazole rings is 1. The first-order valence-electron chi connectivity index (χ1n) is 14.2. The molecule has 45 heavy (non-hydrogen) atoms. The zero-order valence-electron chi connectivity index (χ0n) is 25.6. The zero-order chi connectivity index (χ0) is 30.8. The van der Waals surface area contributed by atoms with Gasteiger partial charge in [0.1, 0.15) is 0 Å². The van der Waals surface area contributed by atoms with E-state index in [2.05, 4.69) is 102 Å². The van der Waals surface area contributed by atoms with Crippen LogP contribution in [0, 0.1) is 58.1 Å². The van der Waals surface area contributed by atoms with Crippen LogP contribution in [0.25, 0.3) is 45.1 Å². The van der Waals surface area contributed by atoms with Crippen LogP contribution in [0.1, 0.15) is 33.7 Å². The molecule has 3 aromatic heterocycles. The summed E-state index contributed by atoms with van der Waals surface area (Å²) < 4.78 is 9.65. The molecule has 7 nitrogen and oxygen atoms in total. The van der Waals surface area contributed by atoms with Crippen molar-refractivity contribution in [2.45, 2.75) is 34.6 Å². The van der Waals surface area contributed by atoms with Gasteiger partial charge in [0.25, 0.3) is 0 Å². The third-order valence-electron chi connectivity index (χ3n) is 7.48. The van der Waals surface area contributed by atoms with Crippen molar-refractivity contribution in [1.29, 1.82) is 5.26 Å². The van der Waals surface area contributed by atoms with E-state index in [0.29, 0.717) is 11.5 Å². The summed E-state index contributed by atoms with van der Waals surface area (Å²) in [5, 5.41) is 8.98. The monoisotopic (exact) mass is 767 g/mol. The van der Waals surface area contributed by atoms with Gasteiger partial charge in [-0.05, 0) is 61.7 Å². The van der Waals surface area contributed by atoms with Gasteiger partial charge in [0.2, 0.25) is 0 Å². The van der Waals surface area contributed by atoms with Gasteiger partial charge >= 0.3 is 0 Å². The molecule has 8 heteroatoms. The summed E-state index contributed by atoms with van der Waals surface area (Å²) in [5.41, 5.74) is 11.9. The van der Waals surface area contributed by atoms with Crippen molar-refractivity contribution >= 4 is 11.1 Å². The molecule has 225 valence electrons. The molecular weight excluding hydrogens is 737 g/mol. The van der Waals surface area contributed by atoms with Crippen LogP contribution in [-0.2, 0) is 20.1 Å². The number of hydrogen-bond acceptors (Lipinski definition) is 5. The molecule has 0 amide bonds. The summed E-state index contributed by atoms with van der Waals surface area (Å²) in [4.78, 5) is 13.4. The Morgan fingerprint density at radius 1 is 0.822 bits per heavy atom. The summed E-state index contributed by atoms with van der Waals surface area (Å²) in [6.07, 6.45) is 7.57. The number of rotatable bonds is 4. The minimum Gasteiger partial charge on any atom is -0.488 e. The Morgan fingerprint density at radius 2 is 1.51 bits per heavy atom. The molecule has 7 rings (SSSR count). The van der Waals surface area contributed by atoms with E-state index in [9.17, 15) is 0 Å². The fraction of sp³-hybridized carbons (Fsp3) is 0.135. The number of nitriles is 1. The molecule has 3 heterocycles. The summed E-state index contributed by atoms with van der Waals surface area (Å²) in [7, 11) is 0. The minimum atomic E-state index is 0. The van der Waals surface area contributed by atoms with E-state index in [1.54, 1.807) is 24.5 Å². The van der Waals surface area contributed by atoms with Gasteiger partial charge in [0.15, 0.2) is 5.89 Å². The molecule has 0 fully saturated rings. The molecule has 0 bridgehead atoms. The van der Waals surface area contributed by atoms with Crippen molar-refractivity contribution in [1.82, 2.24) is 24.1 Å². The van der Waals surface area contributed by atoms with Crippen LogP contribution in [-0.4, -0.2) is 24.1 Å². The first kappa shape index (κ1) is 31.3. The second kappa shape index (κ2) is 13.3. The van der Waals surface area contributed by atoms with Gasteiger partial charge in [0, 0.05) is 56.3 Å². The Morgan fingerprint density at radius 3 is 2.20 bits per heavy atom. The zero-order valence-corrected chi connectivity index (χ0v) is 28.0. The van der Waals surface area contributed by atoms with Gasteiger partial charge in [0.05, 0.1) is 29.5 Å². The van der Waals surface area contributed by atoms with Gasteiger partial charge in [-0.25, -0.2) is 4.98 Å². The van der Waals surface area contributed by atoms with Crippen molar-refractivity contribution in [3.05, 3.63) is 137 Å². The predicted molar refractivity (Wildman–Crippen MR) is 172 cm³/mol. The van der Waals surface area contributed by atoms with E-state index in [-0.39, 0.29) is 20.1 Å². The molecule has 0 N–H and O–H groups in total. The molecule has 0 aliphatic heterocycles. The minimum absolute atomic E-state index is 0. The number of benzene rings is 4. The third kappa shape index (κ3) is 6.41. The molecular formula is C37H30IrN6O-2. The summed E-state index contributed by atoms with van der Waals surface area (Å²) in [6, 6.07) is 30.1. The molecule has 1 radical (unpaired) electrons. The Kier molecular flexibility index (Phi) is 9.24. The van der Waals surface area contributed by atoms with E-state index in [1.165, 1.54) is 22.3 Å². The molecule has 0 unspecified atom stereocenters. The first-order chi connectivity index (χ1) is 21.3. The number of imidazole rings is 2. The Balaban J connectivity index is 0.000000175. The third-order valence-corrected chi connectivity index (χ3v) is 7.48. The fourth-order valence-electron chi connectivity index (χ4n) is 5.47. The number of para-hydroxylation sites is 2. The molecule has 0 saturated heterocycles. The van der Waals surface area contributed by atoms with Crippen LogP contribution in [0.3, 0.4) is 0 Å². The second-order valence-corrected chi connectivity index (χ2v) is 10.7. The Hall–Kier alpha value is -5.09. The largest absolute Gasteiger partial charge is 0.488 e. The van der Waals surface area contributed by atoms with Crippen LogP contribution in [0.2, 0.25) is 0 Å². The number of nitrogens with zero attached hydrogens (tertiary/aromatic N) is 6. The van der Waals surface area contributed by atoms with Crippen molar-refractivity contribution < 1.29 is 24.5 Å². The molecule has 0 saturated carbocycles. The van der Waals surface area contributed by atoms with Gasteiger partial charge in [-0.2, -0.15) is 5.26 Å². The van der Waals surface area contributed by atoms with Crippen molar-refractivity contribution in [2.75, 3.05) is 0 Å². The van der Waals surface area contributed by atoms with Crippen molar-refractivity contribution in [3.63, 3.8) is 0 Å². The topological polar surface area (TPSA) is 85.5 Å². The average molecular weight is 767 g/mol. The number of hydrogen-bond donors (Lipinski definition) is 0. The molecule has 0 aliphatic rings. The first-order valence-corrected chi connectivity index (χ1v) is 14.2. The van der Waals surface area contributed by atoms with Gasteiger partial charge < -0.3 is 13.6 Å². The van der Waals surface area contributed by atoms with E-state index in [1.807, 2.05) is 42.2 Å². The van der Waals surface area contributed by atoms with Gasteiger partial charge in [-0.3, -0.25) is 9.97 Å². The van der Waals surface area contributed by atoms with Gasteiger partial charge in [-0.15, -0.1) is 53.6 Å². The molecule has 0 spiro atoms. The van der Waals surface area contributed by atoms with Crippen LogP contribution in [0.5, 0.6) is 0 Å². The van der Waals surface area contributed by atoms with Crippen molar-refractivity contribution in [3.8, 4) is 40.1 Å². The standard InChI is InChI=1S/C19H16N3O.C18H14N3.Ir/c1-12-5-4-6-13(2)18(12)22-10-9-20-19(22)15-7-8-17-16(11-15)21-14(3)23-17;1-13-5-3-6-14(2)18(13)21-11-17(20-12-21)16-8-4-7-15(9-16)10-19;/h4-6,8-11H,1-3H3;3-7,9,11-12H,1-2H3;/q2*-1;. The molecule has 7 aromatic rings. The summed E-state index contributed by atoms with van der Waals surface area (Å²) >= 11 is 0. The smallest absolute Gasteiger partial charge is 0.180 e. The maximum absolute atomic E-state index is 8.98. The number of fused-ring (bicyclic) bond motifs is 1. The summed E-state index contributed by atoms with van der Waals surface area (Å²) in [5.74, 6) is 1.51. The molecule has 4 aromatic carbocycles. The SMILES string of the molecule is Cc1cccc(C)c1-n1cnc(-c2[c-]ccc(C#N)c2)c1.Cc1nc2cc(-c3nccn3-c3c(C)cccc3C)[c-]cc2o1.[Ir]. The number of aromatic nitrogens is 5. The number of aryl methyl sites for hydroxylation is 5. The van der Waals surface area contributed by atoms with Gasteiger partial charge in [-0.1, -0.05) is 36.4 Å². The summed E-state index contributed by atoms with van der Waals surface area (Å²) in [6.45, 7) is 10.2. The maximum Gasteiger partial charge on any atom is 0.180 e. The van der Waals surface area contributed by atoms with Crippen LogP contribution < -0.4 is 0 Å². The molecule has 0 atom stereocenters. The fourth-order valence-corrected chi connectivity index (χ4v) is 5.47. The predicted octanol–water partition coefficient (Wildman–Crippen LogP) is 8.23. The van der Waals surface area contributed by atoms with E-state index >= 15 is 0 Å². The van der Waals surface area contributed by atoms with Crippen LogP contribution >= 0.6 is 0 Å². The maximum atomic E-state index is 8.98.